The zero-order valence-corrected chi connectivity index (χ0v) is 52.7. The van der Waals surface area contributed by atoms with Crippen LogP contribution in [-0.4, -0.2) is 250 Å². The van der Waals surface area contributed by atoms with E-state index in [1.165, 1.54) is 68.8 Å². The number of rotatable bonds is 36. The average molecular weight is 1420 g/mol. The van der Waals surface area contributed by atoms with Gasteiger partial charge in [-0.05, 0) is 6.07 Å². The second kappa shape index (κ2) is 39.0. The van der Waals surface area contributed by atoms with Crippen LogP contribution >= 0.6 is 31.3 Å². The van der Waals surface area contributed by atoms with Gasteiger partial charge in [0.15, 0.2) is 47.5 Å². The molecule has 93 heavy (non-hydrogen) atoms. The van der Waals surface area contributed by atoms with E-state index < -0.39 is 156 Å². The fraction of sp³-hybridized carbons (Fsp3) is 0.571. The van der Waals surface area contributed by atoms with Gasteiger partial charge < -0.3 is 115 Å². The molecule has 6 heterocycles. The van der Waals surface area contributed by atoms with Crippen LogP contribution in [-0.2, 0) is 74.3 Å². The molecule has 0 unspecified atom stereocenters. The highest BCUT2D eigenvalue weighted by Gasteiger charge is 2.29. The molecule has 0 fully saturated rings. The van der Waals surface area contributed by atoms with Crippen LogP contribution in [0.25, 0.3) is 22.3 Å². The number of nitrogen functional groups attached to an aromatic ring is 3. The van der Waals surface area contributed by atoms with Gasteiger partial charge in [-0.25, -0.2) is 47.8 Å². The fourth-order valence-corrected chi connectivity index (χ4v) is 8.62. The number of fused-ring (bicyclic) bond motifs is 2. The number of hydrogen-bond acceptors (Lipinski definition) is 33. The Kier molecular flexibility index (Phi) is 34.0. The maximum Gasteiger partial charge on any atom is 0.469 e. The first-order valence-electron chi connectivity index (χ1n) is 25.8. The quantitative estimate of drug-likeness (QED) is 0.0163. The first-order chi connectivity index (χ1) is 43.6. The van der Waals surface area contributed by atoms with Gasteiger partial charge in [-0.15, -0.1) is 0 Å². The minimum atomic E-state index is -4.70. The summed E-state index contributed by atoms with van der Waals surface area (Å²) in [4.78, 5) is 143. The van der Waals surface area contributed by atoms with Crippen molar-refractivity contribution in [3.8, 4) is 0 Å². The van der Waals surface area contributed by atoms with Gasteiger partial charge in [0, 0.05) is 46.9 Å². The Morgan fingerprint density at radius 3 is 1.23 bits per heavy atom. The van der Waals surface area contributed by atoms with Crippen molar-refractivity contribution in [1.29, 1.82) is 0 Å². The van der Waals surface area contributed by atoms with Crippen molar-refractivity contribution in [1.82, 2.24) is 58.1 Å². The predicted molar refractivity (Wildman–Crippen MR) is 310 cm³/mol. The van der Waals surface area contributed by atoms with E-state index in [1.807, 2.05) is 4.98 Å². The number of nitrogens with zero attached hydrogens (tertiary/aromatic N) is 10. The van der Waals surface area contributed by atoms with Gasteiger partial charge in [-0.1, -0.05) is 0 Å². The van der Waals surface area contributed by atoms with Crippen LogP contribution in [0.3, 0.4) is 0 Å². The maximum absolute atomic E-state index is 11.8. The molecule has 0 aliphatic carbocycles. The number of phosphoric acid groups is 4. The zero-order valence-electron chi connectivity index (χ0n) is 49.2. The van der Waals surface area contributed by atoms with Crippen molar-refractivity contribution in [2.24, 2.45) is 0 Å². The lowest BCUT2D eigenvalue weighted by Gasteiger charge is -2.24. The Morgan fingerprint density at radius 1 is 0.473 bits per heavy atom. The minimum absolute atomic E-state index is 0.00833. The number of aliphatic hydroxyl groups excluding tert-OH is 4. The summed E-state index contributed by atoms with van der Waals surface area (Å²) in [7, 11) is -13.3. The summed E-state index contributed by atoms with van der Waals surface area (Å²) in [6, 6.07) is 2.40. The Labute approximate surface area is 521 Å². The molecular formula is C42H71N15O32P4. The molecule has 526 valence electrons. The Bertz CT molecular complexity index is 3670. The highest BCUT2D eigenvalue weighted by Crippen LogP contribution is 2.38. The number of nitrogens with two attached hydrogens (primary N) is 3. The maximum atomic E-state index is 11.8. The lowest BCUT2D eigenvalue weighted by Crippen LogP contribution is -2.37. The van der Waals surface area contributed by atoms with Gasteiger partial charge in [0.2, 0.25) is 5.95 Å². The summed E-state index contributed by atoms with van der Waals surface area (Å²) in [5, 5.41) is 37.8. The molecule has 0 aliphatic heterocycles. The molecule has 6 aromatic heterocycles. The standard InChI is InChI=1S/C11H18N5O8P.C11H18N5O7P.C10H18N3O8P.C10H17N2O9P/c1-22-3-6(4-23-25(19,20)21)24-7(2-17)16-5-13-8-9(16)14-11(12)15-10(8)18;1-21-3-7(4-22-24(18,19)20)23-8(2-17)16-6-15-9-10(12)13-5-14-11(9)16;1-19-5-7(6-20-22(16,17)18)21-9(4-14)13-3-2-8(11)12-10(13)15;1-19-5-7(6-20-22(16,17)18)21-9(4-13)12-3-2-8(14)11-10(12)15/h5-7,17H,2-4H2,1H3,(H2,19,20,21)(H3,12,14,15,18);5-8,17H,2-4H2,1H3,(H2,12,13,14)(H2,18,19,20);2-3,7,9,14H,4-6H2,1H3,(H2,11,12,15)(H2,16,17,18);2-3,7,9,13H,4-6H2,1H3,(H,11,14,15)(H2,16,17,18)/t6-,7+;7-,8+;2*7-,9+/m0000/s1. The first-order valence-corrected chi connectivity index (χ1v) is 31.9. The number of anilines is 3. The summed E-state index contributed by atoms with van der Waals surface area (Å²) in [5.74, 6) is 0.0409. The molecule has 0 aliphatic rings. The number of imidazole rings is 2. The van der Waals surface area contributed by atoms with Crippen LogP contribution in [0.1, 0.15) is 24.9 Å². The van der Waals surface area contributed by atoms with Gasteiger partial charge in [0.05, 0.1) is 91.9 Å². The van der Waals surface area contributed by atoms with E-state index >= 15 is 0 Å². The molecule has 0 amide bonds. The third-order valence-corrected chi connectivity index (χ3v) is 12.9. The lowest BCUT2D eigenvalue weighted by atomic mass is 10.4. The third-order valence-electron chi connectivity index (χ3n) is 10.9. The summed E-state index contributed by atoms with van der Waals surface area (Å²) in [5.41, 5.74) is 14.6. The topological polar surface area (TPSA) is 697 Å². The van der Waals surface area contributed by atoms with Crippen molar-refractivity contribution in [2.45, 2.75) is 49.3 Å². The SMILES string of the molecule is COC[C@@H](COP(=O)(O)O)O[C@H](CO)n1ccc(=O)[nH]c1=O.COC[C@@H](COP(=O)(O)O)O[C@H](CO)n1ccc(N)nc1=O.COC[C@@H](COP(=O)(O)O)O[C@H](CO)n1cnc2c(=O)[nH]c(N)nc21.COC[C@@H](COP(=O)(O)O)O[C@H](CO)n1cnc2c(N)ncnc21. The number of aromatic amines is 2. The second-order valence-electron chi connectivity index (χ2n) is 18.0. The van der Waals surface area contributed by atoms with E-state index in [4.69, 9.17) is 94.2 Å². The number of hydrogen-bond donors (Lipinski definition) is 17. The van der Waals surface area contributed by atoms with Crippen molar-refractivity contribution in [3.05, 3.63) is 85.2 Å². The molecule has 0 radical (unpaired) electrons. The summed E-state index contributed by atoms with van der Waals surface area (Å²) >= 11 is 0. The van der Waals surface area contributed by atoms with Crippen LogP contribution in [0.2, 0.25) is 0 Å². The fourth-order valence-electron chi connectivity index (χ4n) is 7.18. The number of nitrogens with one attached hydrogen (secondary N) is 2. The predicted octanol–water partition coefficient (Wildman–Crippen LogP) is -6.00. The van der Waals surface area contributed by atoms with Gasteiger partial charge in [-0.3, -0.25) is 55.9 Å². The minimum Gasteiger partial charge on any atom is -0.392 e. The molecule has 20 N–H and O–H groups in total. The van der Waals surface area contributed by atoms with Crippen LogP contribution in [0.15, 0.2) is 62.7 Å². The van der Waals surface area contributed by atoms with Crippen molar-refractivity contribution < 1.29 is 134 Å². The van der Waals surface area contributed by atoms with Gasteiger partial charge in [0.1, 0.15) is 42.1 Å². The van der Waals surface area contributed by atoms with Gasteiger partial charge >= 0.3 is 42.7 Å². The van der Waals surface area contributed by atoms with Crippen molar-refractivity contribution in [3.63, 3.8) is 0 Å². The lowest BCUT2D eigenvalue weighted by molar-refractivity contribution is -0.117. The van der Waals surface area contributed by atoms with E-state index in [-0.39, 0.29) is 55.2 Å². The van der Waals surface area contributed by atoms with E-state index in [0.717, 1.165) is 21.4 Å². The molecule has 0 saturated heterocycles. The van der Waals surface area contributed by atoms with Crippen LogP contribution in [0.5, 0.6) is 0 Å². The highest BCUT2D eigenvalue weighted by molar-refractivity contribution is 7.47. The summed E-state index contributed by atoms with van der Waals surface area (Å²) in [6.45, 7) is -4.40. The summed E-state index contributed by atoms with van der Waals surface area (Å²) in [6.07, 6.45) is -1.78. The molecule has 8 atom stereocenters. The summed E-state index contributed by atoms with van der Waals surface area (Å²) < 4.78 is 106. The molecule has 0 spiro atoms. The zero-order chi connectivity index (χ0) is 69.9. The van der Waals surface area contributed by atoms with E-state index in [0.29, 0.717) is 11.2 Å². The molecule has 47 nitrogen and oxygen atoms in total. The molecule has 0 saturated carbocycles. The smallest absolute Gasteiger partial charge is 0.392 e. The molecular weight excluding hydrogens is 1350 g/mol. The van der Waals surface area contributed by atoms with E-state index in [2.05, 4.69) is 53.0 Å². The highest BCUT2D eigenvalue weighted by atomic mass is 31.2. The number of H-pyrrole nitrogens is 2. The number of methoxy groups -OCH3 is 4. The third kappa shape index (κ3) is 29.2. The van der Waals surface area contributed by atoms with E-state index in [9.17, 15) is 57.9 Å². The van der Waals surface area contributed by atoms with Gasteiger partial charge in [0.25, 0.3) is 11.1 Å². The Hall–Kier alpha value is -6.18. The normalized spacial score (nSPS) is 14.8. The van der Waals surface area contributed by atoms with Crippen LogP contribution in [0.4, 0.5) is 17.6 Å². The van der Waals surface area contributed by atoms with Gasteiger partial charge in [-0.2, -0.15) is 9.97 Å². The molecule has 51 heteroatoms. The van der Waals surface area contributed by atoms with Crippen LogP contribution < -0.4 is 39.7 Å². The molecule has 0 aromatic carbocycles. The second-order valence-corrected chi connectivity index (χ2v) is 22.9. The Morgan fingerprint density at radius 2 is 0.849 bits per heavy atom. The molecule has 0 bridgehead atoms. The largest absolute Gasteiger partial charge is 0.469 e. The molecule has 6 aromatic rings. The number of aliphatic hydroxyl groups is 4. The monoisotopic (exact) mass is 1420 g/mol. The number of phosphoric ester groups is 4. The van der Waals surface area contributed by atoms with Crippen LogP contribution in [0, 0.1) is 0 Å². The number of ether oxygens (including phenoxy) is 8. The van der Waals surface area contributed by atoms with E-state index in [1.54, 1.807) is 0 Å². The Balaban J connectivity index is 0.000000324. The average Bonchev–Trinajstić information content (AvgIpc) is 1.72. The number of aromatic nitrogens is 12. The van der Waals surface area contributed by atoms with Crippen molar-refractivity contribution in [2.75, 3.05) is 125 Å². The molecule has 6 rings (SSSR count). The van der Waals surface area contributed by atoms with Crippen molar-refractivity contribution >= 4 is 71.2 Å². The first kappa shape index (κ1) is 81.1.